The molecule has 0 spiro atoms. The van der Waals surface area contributed by atoms with Crippen molar-refractivity contribution < 1.29 is 19.0 Å². The number of aliphatic hydroxyl groups excluding tert-OH is 1. The quantitative estimate of drug-likeness (QED) is 0.797. The van der Waals surface area contributed by atoms with Gasteiger partial charge in [0.1, 0.15) is 12.2 Å². The van der Waals surface area contributed by atoms with Gasteiger partial charge in [0, 0.05) is 0 Å². The molecular weight excluding hydrogens is 248 g/mol. The Morgan fingerprint density at radius 1 is 1.28 bits per heavy atom. The van der Waals surface area contributed by atoms with Crippen LogP contribution < -0.4 is 0 Å². The van der Waals surface area contributed by atoms with Crippen molar-refractivity contribution in [3.05, 3.63) is 0 Å². The highest BCUT2D eigenvalue weighted by molar-refractivity contribution is 6.48. The molecule has 0 bridgehead atoms. The zero-order valence-electron chi connectivity index (χ0n) is 12.7. The molecule has 1 rings (SSSR count). The summed E-state index contributed by atoms with van der Waals surface area (Å²) in [5.41, 5.74) is -0.0425. The number of aliphatic hydroxyl groups is 1. The van der Waals surface area contributed by atoms with E-state index in [-0.39, 0.29) is 30.3 Å². The van der Waals surface area contributed by atoms with Crippen LogP contribution in [0.3, 0.4) is 0 Å². The van der Waals surface area contributed by atoms with Crippen LogP contribution in [0, 0.1) is 5.41 Å². The minimum absolute atomic E-state index is 0.0380. The van der Waals surface area contributed by atoms with Crippen LogP contribution in [-0.2, 0) is 13.9 Å². The molecule has 0 saturated carbocycles. The molecule has 1 saturated heterocycles. The van der Waals surface area contributed by atoms with Gasteiger partial charge in [0.2, 0.25) is 0 Å². The predicted octanol–water partition coefficient (Wildman–Crippen LogP) is 1.91. The van der Waals surface area contributed by atoms with E-state index in [1.807, 2.05) is 13.8 Å². The molecular formula is C13H28O4Si. The molecule has 0 radical (unpaired) electrons. The predicted molar refractivity (Wildman–Crippen MR) is 74.1 cm³/mol. The summed E-state index contributed by atoms with van der Waals surface area (Å²) < 4.78 is 17.8. The van der Waals surface area contributed by atoms with Gasteiger partial charge in [-0.05, 0) is 32.4 Å². The van der Waals surface area contributed by atoms with E-state index in [1.54, 1.807) is 0 Å². The molecule has 1 N–H and O–H groups in total. The fourth-order valence-electron chi connectivity index (χ4n) is 2.33. The molecule has 0 aliphatic carbocycles. The van der Waals surface area contributed by atoms with Crippen LogP contribution in [0.4, 0.5) is 0 Å². The van der Waals surface area contributed by atoms with Crippen LogP contribution in [0.1, 0.15) is 34.6 Å². The summed E-state index contributed by atoms with van der Waals surface area (Å²) in [6, 6.07) is 0. The first kappa shape index (κ1) is 16.1. The molecule has 1 fully saturated rings. The van der Waals surface area contributed by atoms with Crippen molar-refractivity contribution >= 4 is 9.04 Å². The Bertz CT molecular complexity index is 273. The molecule has 0 aromatic carbocycles. The summed E-state index contributed by atoms with van der Waals surface area (Å²) in [6.07, 6.45) is -0.569. The lowest BCUT2D eigenvalue weighted by molar-refractivity contribution is -0.160. The lowest BCUT2D eigenvalue weighted by Gasteiger charge is -2.37. The molecule has 3 atom stereocenters. The van der Waals surface area contributed by atoms with Gasteiger partial charge in [0.25, 0.3) is 0 Å². The van der Waals surface area contributed by atoms with Crippen LogP contribution >= 0.6 is 0 Å². The summed E-state index contributed by atoms with van der Waals surface area (Å²) in [7, 11) is -1.18. The Morgan fingerprint density at radius 2 is 1.83 bits per heavy atom. The lowest BCUT2D eigenvalue weighted by atomic mass is 9.84. The number of rotatable bonds is 4. The molecule has 1 aliphatic heterocycles. The second kappa shape index (κ2) is 5.59. The van der Waals surface area contributed by atoms with Gasteiger partial charge >= 0.3 is 0 Å². The van der Waals surface area contributed by atoms with Crippen molar-refractivity contribution in [1.82, 2.24) is 0 Å². The van der Waals surface area contributed by atoms with Gasteiger partial charge < -0.3 is 19.0 Å². The van der Waals surface area contributed by atoms with E-state index in [0.29, 0.717) is 0 Å². The van der Waals surface area contributed by atoms with E-state index < -0.39 is 14.8 Å². The fraction of sp³-hybridized carbons (Fsp3) is 1.00. The second-order valence-corrected chi connectivity index (χ2v) is 9.16. The second-order valence-electron chi connectivity index (χ2n) is 6.79. The molecule has 4 nitrogen and oxygen atoms in total. The first-order valence-electron chi connectivity index (χ1n) is 6.69. The molecule has 0 amide bonds. The van der Waals surface area contributed by atoms with Crippen molar-refractivity contribution in [3.8, 4) is 0 Å². The minimum Gasteiger partial charge on any atom is -0.414 e. The molecule has 18 heavy (non-hydrogen) atoms. The molecule has 0 aromatic heterocycles. The van der Waals surface area contributed by atoms with Gasteiger partial charge in [0.05, 0.1) is 12.7 Å². The average molecular weight is 276 g/mol. The van der Waals surface area contributed by atoms with Crippen molar-refractivity contribution in [2.24, 2.45) is 5.41 Å². The summed E-state index contributed by atoms with van der Waals surface area (Å²) in [6.45, 7) is 14.4. The maximum absolute atomic E-state index is 9.47. The van der Waals surface area contributed by atoms with Gasteiger partial charge in [-0.25, -0.2) is 0 Å². The van der Waals surface area contributed by atoms with E-state index in [9.17, 15) is 5.11 Å². The molecule has 1 aliphatic rings. The Balaban J connectivity index is 2.91. The normalized spacial score (nSPS) is 29.8. The highest BCUT2D eigenvalue weighted by atomic mass is 28.3. The highest BCUT2D eigenvalue weighted by Crippen LogP contribution is 2.37. The molecule has 108 valence electrons. The van der Waals surface area contributed by atoms with E-state index in [1.165, 1.54) is 0 Å². The van der Waals surface area contributed by atoms with E-state index in [4.69, 9.17) is 13.9 Å². The summed E-state index contributed by atoms with van der Waals surface area (Å²) in [5.74, 6) is -0.649. The third kappa shape index (κ3) is 4.03. The van der Waals surface area contributed by atoms with Gasteiger partial charge in [-0.3, -0.25) is 0 Å². The third-order valence-electron chi connectivity index (χ3n) is 2.97. The van der Waals surface area contributed by atoms with Crippen molar-refractivity contribution in [2.45, 2.75) is 71.8 Å². The SMILES string of the molecule is C[SiH](C)OC(C1OC(C)(C)OC1CO)C(C)(C)C. The number of ether oxygens (including phenoxy) is 2. The van der Waals surface area contributed by atoms with Crippen LogP contribution in [0.2, 0.25) is 13.1 Å². The number of hydrogen-bond acceptors (Lipinski definition) is 4. The zero-order valence-corrected chi connectivity index (χ0v) is 13.8. The number of hydrogen-bond donors (Lipinski definition) is 1. The fourth-order valence-corrected chi connectivity index (χ4v) is 3.48. The van der Waals surface area contributed by atoms with Crippen LogP contribution in [0.15, 0.2) is 0 Å². The average Bonchev–Trinajstić information content (AvgIpc) is 2.48. The zero-order chi connectivity index (χ0) is 14.1. The Hall–Kier alpha value is 0.0569. The molecule has 5 heteroatoms. The van der Waals surface area contributed by atoms with Crippen molar-refractivity contribution in [1.29, 1.82) is 0 Å². The van der Waals surface area contributed by atoms with Gasteiger partial charge in [-0.1, -0.05) is 20.8 Å². The van der Waals surface area contributed by atoms with E-state index >= 15 is 0 Å². The highest BCUT2D eigenvalue weighted by Gasteiger charge is 2.48. The Morgan fingerprint density at radius 3 is 2.22 bits per heavy atom. The van der Waals surface area contributed by atoms with Crippen LogP contribution in [0.5, 0.6) is 0 Å². The lowest BCUT2D eigenvalue weighted by Crippen LogP contribution is -2.48. The van der Waals surface area contributed by atoms with Crippen molar-refractivity contribution in [2.75, 3.05) is 6.61 Å². The maximum atomic E-state index is 9.47. The molecule has 3 unspecified atom stereocenters. The topological polar surface area (TPSA) is 47.9 Å². The van der Waals surface area contributed by atoms with Crippen molar-refractivity contribution in [3.63, 3.8) is 0 Å². The third-order valence-corrected chi connectivity index (χ3v) is 3.81. The standard InChI is InChI=1S/C13H28O4Si/c1-12(2,3)11(17-18(6)7)10-9(8-14)15-13(4,5)16-10/h9-11,14,18H,8H2,1-7H3. The first-order valence-corrected chi connectivity index (χ1v) is 9.47. The smallest absolute Gasteiger partial charge is 0.171 e. The summed E-state index contributed by atoms with van der Waals surface area (Å²) in [4.78, 5) is 0. The molecule has 0 aromatic rings. The van der Waals surface area contributed by atoms with Gasteiger partial charge in [0.15, 0.2) is 14.8 Å². The van der Waals surface area contributed by atoms with E-state index in [2.05, 4.69) is 33.9 Å². The van der Waals surface area contributed by atoms with Crippen LogP contribution in [0.25, 0.3) is 0 Å². The van der Waals surface area contributed by atoms with Gasteiger partial charge in [-0.15, -0.1) is 0 Å². The van der Waals surface area contributed by atoms with E-state index in [0.717, 1.165) is 0 Å². The Kier molecular flexibility index (Phi) is 5.00. The molecule has 1 heterocycles. The largest absolute Gasteiger partial charge is 0.414 e. The van der Waals surface area contributed by atoms with Crippen LogP contribution in [-0.4, -0.2) is 44.9 Å². The maximum Gasteiger partial charge on any atom is 0.171 e. The minimum atomic E-state index is -1.18. The monoisotopic (exact) mass is 276 g/mol. The summed E-state index contributed by atoms with van der Waals surface area (Å²) >= 11 is 0. The van der Waals surface area contributed by atoms with Gasteiger partial charge in [-0.2, -0.15) is 0 Å². The summed E-state index contributed by atoms with van der Waals surface area (Å²) in [5, 5.41) is 9.47. The Labute approximate surface area is 112 Å². The first-order chi connectivity index (χ1) is 8.07.